The van der Waals surface area contributed by atoms with E-state index in [0.717, 1.165) is 18.7 Å². The topological polar surface area (TPSA) is 26.0 Å². The predicted molar refractivity (Wildman–Crippen MR) is 73.1 cm³/mol. The molecule has 0 aromatic heterocycles. The highest BCUT2D eigenvalue weighted by atomic mass is 32.2. The molecule has 2 aromatic rings. The molecular weight excluding hydrogens is 214 g/mol. The lowest BCUT2D eigenvalue weighted by Crippen LogP contribution is -2.04. The Morgan fingerprint density at radius 3 is 2.69 bits per heavy atom. The van der Waals surface area contributed by atoms with Crippen LogP contribution in [0, 0.1) is 0 Å². The molecule has 0 aliphatic heterocycles. The summed E-state index contributed by atoms with van der Waals surface area (Å²) in [7, 11) is 0. The van der Waals surface area contributed by atoms with E-state index in [1.54, 1.807) is 0 Å². The maximum Gasteiger partial charge on any atom is 0.0183 e. The van der Waals surface area contributed by atoms with Crippen LogP contribution in [-0.2, 0) is 6.42 Å². The minimum atomic E-state index is 0.718. The second-order valence-electron chi connectivity index (χ2n) is 3.75. The predicted octanol–water partition coefficient (Wildman–Crippen LogP) is 3.45. The number of hydrogen-bond donors (Lipinski definition) is 1. The SMILES string of the molecule is CCSc1c(CCN)ccc2ccccc12. The zero-order valence-corrected chi connectivity index (χ0v) is 10.4. The van der Waals surface area contributed by atoms with E-state index in [0.29, 0.717) is 0 Å². The first-order chi connectivity index (χ1) is 7.86. The van der Waals surface area contributed by atoms with Crippen molar-refractivity contribution in [3.8, 4) is 0 Å². The molecule has 0 fully saturated rings. The molecule has 0 amide bonds. The second kappa shape index (κ2) is 5.37. The van der Waals surface area contributed by atoms with E-state index in [9.17, 15) is 0 Å². The van der Waals surface area contributed by atoms with Gasteiger partial charge in [-0.3, -0.25) is 0 Å². The van der Waals surface area contributed by atoms with Crippen LogP contribution in [-0.4, -0.2) is 12.3 Å². The normalized spacial score (nSPS) is 10.9. The van der Waals surface area contributed by atoms with E-state index < -0.39 is 0 Å². The van der Waals surface area contributed by atoms with Crippen LogP contribution in [0.25, 0.3) is 10.8 Å². The maximum absolute atomic E-state index is 5.66. The van der Waals surface area contributed by atoms with Gasteiger partial charge in [0, 0.05) is 4.90 Å². The summed E-state index contributed by atoms with van der Waals surface area (Å²) in [5, 5.41) is 2.68. The molecule has 0 bridgehead atoms. The number of thioether (sulfide) groups is 1. The molecule has 16 heavy (non-hydrogen) atoms. The largest absolute Gasteiger partial charge is 0.330 e. The van der Waals surface area contributed by atoms with Crippen LogP contribution >= 0.6 is 11.8 Å². The average molecular weight is 231 g/mol. The zero-order valence-electron chi connectivity index (χ0n) is 9.57. The molecule has 2 rings (SSSR count). The average Bonchev–Trinajstić information content (AvgIpc) is 2.32. The summed E-state index contributed by atoms with van der Waals surface area (Å²) in [6, 6.07) is 13.0. The summed E-state index contributed by atoms with van der Waals surface area (Å²) >= 11 is 1.92. The molecule has 84 valence electrons. The van der Waals surface area contributed by atoms with E-state index in [-0.39, 0.29) is 0 Å². The van der Waals surface area contributed by atoms with Crippen molar-refractivity contribution in [2.24, 2.45) is 5.73 Å². The van der Waals surface area contributed by atoms with Gasteiger partial charge in [-0.05, 0) is 35.1 Å². The molecular formula is C14H17NS. The van der Waals surface area contributed by atoms with Crippen molar-refractivity contribution < 1.29 is 0 Å². The highest BCUT2D eigenvalue weighted by molar-refractivity contribution is 7.99. The van der Waals surface area contributed by atoms with Gasteiger partial charge < -0.3 is 5.73 Å². The van der Waals surface area contributed by atoms with Gasteiger partial charge in [0.25, 0.3) is 0 Å². The van der Waals surface area contributed by atoms with Crippen molar-refractivity contribution in [1.82, 2.24) is 0 Å². The fraction of sp³-hybridized carbons (Fsp3) is 0.286. The third-order valence-corrected chi connectivity index (χ3v) is 3.72. The number of hydrogen-bond acceptors (Lipinski definition) is 2. The standard InChI is InChI=1S/C14H17NS/c1-2-16-14-12(9-10-15)8-7-11-5-3-4-6-13(11)14/h3-8H,2,9-10,15H2,1H3. The zero-order chi connectivity index (χ0) is 11.4. The van der Waals surface area contributed by atoms with Crippen molar-refractivity contribution in [3.63, 3.8) is 0 Å². The van der Waals surface area contributed by atoms with Crippen LogP contribution in [0.2, 0.25) is 0 Å². The van der Waals surface area contributed by atoms with Gasteiger partial charge in [-0.2, -0.15) is 0 Å². The quantitative estimate of drug-likeness (QED) is 0.816. The van der Waals surface area contributed by atoms with Gasteiger partial charge in [0.1, 0.15) is 0 Å². The molecule has 0 spiro atoms. The Hall–Kier alpha value is -0.990. The lowest BCUT2D eigenvalue weighted by Gasteiger charge is -2.11. The molecule has 0 aliphatic rings. The Bertz CT molecular complexity index is 479. The first-order valence-electron chi connectivity index (χ1n) is 5.70. The highest BCUT2D eigenvalue weighted by Crippen LogP contribution is 2.31. The highest BCUT2D eigenvalue weighted by Gasteiger charge is 2.06. The fourth-order valence-electron chi connectivity index (χ4n) is 1.96. The summed E-state index contributed by atoms with van der Waals surface area (Å²) in [6.45, 7) is 2.91. The lowest BCUT2D eigenvalue weighted by molar-refractivity contribution is 0.950. The van der Waals surface area contributed by atoms with Crippen molar-refractivity contribution >= 4 is 22.5 Å². The summed E-state index contributed by atoms with van der Waals surface area (Å²) in [4.78, 5) is 1.41. The van der Waals surface area contributed by atoms with Gasteiger partial charge >= 0.3 is 0 Å². The Morgan fingerprint density at radius 2 is 1.94 bits per heavy atom. The van der Waals surface area contributed by atoms with E-state index in [2.05, 4.69) is 43.3 Å². The Kier molecular flexibility index (Phi) is 3.86. The monoisotopic (exact) mass is 231 g/mol. The Balaban J connectivity index is 2.58. The number of rotatable bonds is 4. The molecule has 0 saturated heterocycles. The van der Waals surface area contributed by atoms with Gasteiger partial charge in [0.2, 0.25) is 0 Å². The van der Waals surface area contributed by atoms with E-state index >= 15 is 0 Å². The Morgan fingerprint density at radius 1 is 1.12 bits per heavy atom. The van der Waals surface area contributed by atoms with Crippen molar-refractivity contribution in [1.29, 1.82) is 0 Å². The Labute approximate surface area is 101 Å². The van der Waals surface area contributed by atoms with E-state index in [4.69, 9.17) is 5.73 Å². The lowest BCUT2D eigenvalue weighted by atomic mass is 10.0. The summed E-state index contributed by atoms with van der Waals surface area (Å²) in [5.41, 5.74) is 7.04. The first kappa shape index (κ1) is 11.5. The van der Waals surface area contributed by atoms with Gasteiger partial charge in [0.05, 0.1) is 0 Å². The van der Waals surface area contributed by atoms with Gasteiger partial charge in [0.15, 0.2) is 0 Å². The molecule has 1 nitrogen and oxygen atoms in total. The van der Waals surface area contributed by atoms with Crippen LogP contribution in [0.1, 0.15) is 12.5 Å². The van der Waals surface area contributed by atoms with Crippen molar-refractivity contribution in [2.45, 2.75) is 18.2 Å². The van der Waals surface area contributed by atoms with Gasteiger partial charge in [-0.15, -0.1) is 11.8 Å². The molecule has 0 atom stereocenters. The molecule has 0 saturated carbocycles. The molecule has 2 heteroatoms. The van der Waals surface area contributed by atoms with Crippen LogP contribution in [0.15, 0.2) is 41.3 Å². The maximum atomic E-state index is 5.66. The molecule has 2 N–H and O–H groups in total. The van der Waals surface area contributed by atoms with Crippen molar-refractivity contribution in [2.75, 3.05) is 12.3 Å². The van der Waals surface area contributed by atoms with E-state index in [1.807, 2.05) is 11.8 Å². The molecule has 0 radical (unpaired) electrons. The minimum absolute atomic E-state index is 0.718. The van der Waals surface area contributed by atoms with Crippen LogP contribution in [0.5, 0.6) is 0 Å². The van der Waals surface area contributed by atoms with E-state index in [1.165, 1.54) is 21.2 Å². The van der Waals surface area contributed by atoms with Crippen LogP contribution in [0.3, 0.4) is 0 Å². The second-order valence-corrected chi connectivity index (χ2v) is 5.02. The van der Waals surface area contributed by atoms with Gasteiger partial charge in [-0.1, -0.05) is 43.3 Å². The number of fused-ring (bicyclic) bond motifs is 1. The third-order valence-electron chi connectivity index (χ3n) is 2.66. The molecule has 0 heterocycles. The third kappa shape index (κ3) is 2.23. The van der Waals surface area contributed by atoms with Crippen LogP contribution in [0.4, 0.5) is 0 Å². The summed E-state index contributed by atoms with van der Waals surface area (Å²) in [5.74, 6) is 1.10. The molecule has 0 unspecified atom stereocenters. The smallest absolute Gasteiger partial charge is 0.0183 e. The fourth-order valence-corrected chi connectivity index (χ4v) is 2.94. The first-order valence-corrected chi connectivity index (χ1v) is 6.69. The number of nitrogens with two attached hydrogens (primary N) is 1. The van der Waals surface area contributed by atoms with Gasteiger partial charge in [-0.25, -0.2) is 0 Å². The van der Waals surface area contributed by atoms with Crippen LogP contribution < -0.4 is 5.73 Å². The molecule has 0 aliphatic carbocycles. The number of benzene rings is 2. The summed E-state index contributed by atoms with van der Waals surface area (Å²) in [6.07, 6.45) is 0.965. The summed E-state index contributed by atoms with van der Waals surface area (Å²) < 4.78 is 0. The minimum Gasteiger partial charge on any atom is -0.330 e. The van der Waals surface area contributed by atoms with Crippen molar-refractivity contribution in [3.05, 3.63) is 42.0 Å². The molecule has 2 aromatic carbocycles.